The van der Waals surface area contributed by atoms with Crippen molar-refractivity contribution in [2.24, 2.45) is 0 Å². The summed E-state index contributed by atoms with van der Waals surface area (Å²) in [6.45, 7) is 4.94. The molecule has 1 fully saturated rings. The Hall–Kier alpha value is -1.56. The molecule has 0 aromatic heterocycles. The summed E-state index contributed by atoms with van der Waals surface area (Å²) < 4.78 is 29.5. The molecule has 1 amide bonds. The van der Waals surface area contributed by atoms with Crippen molar-refractivity contribution in [1.82, 2.24) is 4.90 Å². The molecule has 1 saturated heterocycles. The highest BCUT2D eigenvalue weighted by Gasteiger charge is 2.38. The maximum absolute atomic E-state index is 12.7. The summed E-state index contributed by atoms with van der Waals surface area (Å²) in [6.07, 6.45) is 1.73. The summed E-state index contributed by atoms with van der Waals surface area (Å²) in [4.78, 5) is 14.5. The van der Waals surface area contributed by atoms with E-state index in [1.54, 1.807) is 18.7 Å². The zero-order chi connectivity index (χ0) is 17.4. The number of nitrogens with zero attached hydrogens (tertiary/aromatic N) is 1. The van der Waals surface area contributed by atoms with Gasteiger partial charge in [-0.25, -0.2) is 8.42 Å². The number of sulfone groups is 1. The van der Waals surface area contributed by atoms with Crippen molar-refractivity contribution < 1.29 is 17.9 Å². The van der Waals surface area contributed by atoms with Crippen molar-refractivity contribution >= 4 is 15.7 Å². The lowest BCUT2D eigenvalue weighted by atomic mass is 9.90. The Kier molecular flexibility index (Phi) is 4.60. The lowest BCUT2D eigenvalue weighted by Crippen LogP contribution is -2.35. The van der Waals surface area contributed by atoms with Crippen LogP contribution in [-0.4, -0.2) is 49.4 Å². The molecule has 0 aliphatic carbocycles. The van der Waals surface area contributed by atoms with E-state index in [4.69, 9.17) is 4.74 Å². The second-order valence-electron chi connectivity index (χ2n) is 7.29. The number of rotatable bonds is 2. The predicted octanol–water partition coefficient (Wildman–Crippen LogP) is 2.37. The lowest BCUT2D eigenvalue weighted by molar-refractivity contribution is -0.131. The molecule has 2 heterocycles. The van der Waals surface area contributed by atoms with Gasteiger partial charge in [0.1, 0.15) is 5.75 Å². The van der Waals surface area contributed by atoms with Gasteiger partial charge in [-0.15, -0.1) is 0 Å². The van der Waals surface area contributed by atoms with Gasteiger partial charge in [0.05, 0.1) is 17.1 Å². The molecule has 5 nitrogen and oxygen atoms in total. The molecule has 0 saturated carbocycles. The Morgan fingerprint density at radius 2 is 2.04 bits per heavy atom. The van der Waals surface area contributed by atoms with E-state index in [1.165, 1.54) is 0 Å². The number of para-hydroxylation sites is 1. The van der Waals surface area contributed by atoms with Gasteiger partial charge < -0.3 is 9.64 Å². The largest absolute Gasteiger partial charge is 0.493 e. The second-order valence-corrected chi connectivity index (χ2v) is 10.0. The lowest BCUT2D eigenvalue weighted by Gasteiger charge is -2.28. The maximum Gasteiger partial charge on any atom is 0.223 e. The number of ether oxygens (including phenoxy) is 1. The first-order valence-electron chi connectivity index (χ1n) is 8.52. The molecule has 0 bridgehead atoms. The molecule has 6 heteroatoms. The van der Waals surface area contributed by atoms with Gasteiger partial charge in [0.15, 0.2) is 9.84 Å². The molecule has 0 spiro atoms. The number of hydrogen-bond donors (Lipinski definition) is 0. The van der Waals surface area contributed by atoms with Gasteiger partial charge >= 0.3 is 0 Å². The molecular weight excluding hydrogens is 326 g/mol. The predicted molar refractivity (Wildman–Crippen MR) is 93.0 cm³/mol. The molecular formula is C18H25NO4S. The van der Waals surface area contributed by atoms with Crippen LogP contribution in [0.4, 0.5) is 0 Å². The molecule has 24 heavy (non-hydrogen) atoms. The van der Waals surface area contributed by atoms with Crippen LogP contribution in [0, 0.1) is 0 Å². The van der Waals surface area contributed by atoms with Crippen LogP contribution in [0.1, 0.15) is 44.6 Å². The third-order valence-corrected chi connectivity index (χ3v) is 7.92. The molecule has 2 aliphatic heterocycles. The summed E-state index contributed by atoms with van der Waals surface area (Å²) in [5, 5.41) is 0. The summed E-state index contributed by atoms with van der Waals surface area (Å²) in [5.41, 5.74) is 1.08. The van der Waals surface area contributed by atoms with E-state index in [0.717, 1.165) is 17.7 Å². The fraction of sp³-hybridized carbons (Fsp3) is 0.611. The first kappa shape index (κ1) is 17.3. The third-order valence-electron chi connectivity index (χ3n) is 5.31. The van der Waals surface area contributed by atoms with Crippen molar-refractivity contribution in [1.29, 1.82) is 0 Å². The molecule has 1 atom stereocenters. The molecule has 1 aromatic rings. The quantitative estimate of drug-likeness (QED) is 0.821. The van der Waals surface area contributed by atoms with Gasteiger partial charge in [-0.2, -0.15) is 0 Å². The van der Waals surface area contributed by atoms with Gasteiger partial charge in [0, 0.05) is 19.5 Å². The molecule has 1 aromatic carbocycles. The van der Waals surface area contributed by atoms with Crippen LogP contribution < -0.4 is 4.74 Å². The molecule has 132 valence electrons. The van der Waals surface area contributed by atoms with E-state index in [2.05, 4.69) is 0 Å². The van der Waals surface area contributed by atoms with Crippen LogP contribution in [0.15, 0.2) is 24.3 Å². The van der Waals surface area contributed by atoms with Crippen molar-refractivity contribution in [3.63, 3.8) is 0 Å². The highest BCUT2D eigenvalue weighted by Crippen LogP contribution is 2.36. The average Bonchev–Trinajstić information content (AvgIpc) is 2.64. The minimum atomic E-state index is -3.16. The highest BCUT2D eigenvalue weighted by molar-refractivity contribution is 7.92. The van der Waals surface area contributed by atoms with Crippen LogP contribution in [0.3, 0.4) is 0 Å². The van der Waals surface area contributed by atoms with Gasteiger partial charge in [-0.1, -0.05) is 18.2 Å². The zero-order valence-electron chi connectivity index (χ0n) is 14.3. The number of carbonyl (C=O) groups excluding carboxylic acids is 1. The van der Waals surface area contributed by atoms with Gasteiger partial charge in [-0.3, -0.25) is 4.79 Å². The van der Waals surface area contributed by atoms with Crippen molar-refractivity contribution in [3.05, 3.63) is 29.8 Å². The Bertz CT molecular complexity index is 726. The normalized spacial score (nSPS) is 25.2. The number of benzene rings is 1. The molecule has 0 radical (unpaired) electrons. The van der Waals surface area contributed by atoms with Crippen LogP contribution in [0.5, 0.6) is 5.75 Å². The second kappa shape index (κ2) is 6.39. The Balaban J connectivity index is 1.70. The van der Waals surface area contributed by atoms with E-state index < -0.39 is 14.6 Å². The van der Waals surface area contributed by atoms with Gasteiger partial charge in [0.25, 0.3) is 0 Å². The summed E-state index contributed by atoms with van der Waals surface area (Å²) >= 11 is 0. The van der Waals surface area contributed by atoms with Crippen molar-refractivity contribution in [3.8, 4) is 5.75 Å². The number of carbonyl (C=O) groups is 1. The van der Waals surface area contributed by atoms with E-state index in [0.29, 0.717) is 32.5 Å². The third kappa shape index (κ3) is 3.29. The molecule has 0 N–H and O–H groups in total. The standard InChI is InChI=1S/C18H25NO4S/c1-18(2)8-9-19(10-12-24(18,21)22)17(20)13-14-7-11-23-16-6-4-3-5-15(14)16/h3-6,14H,7-13H2,1-2H3. The molecule has 3 rings (SSSR count). The van der Waals surface area contributed by atoms with E-state index in [-0.39, 0.29) is 17.6 Å². The first-order chi connectivity index (χ1) is 11.3. The average molecular weight is 351 g/mol. The fourth-order valence-corrected chi connectivity index (χ4v) is 4.81. The van der Waals surface area contributed by atoms with E-state index in [1.807, 2.05) is 24.3 Å². The zero-order valence-corrected chi connectivity index (χ0v) is 15.1. The SMILES string of the molecule is CC1(C)CCN(C(=O)CC2CCOc3ccccc32)CCS1(=O)=O. The Morgan fingerprint density at radius 1 is 1.29 bits per heavy atom. The van der Waals surface area contributed by atoms with Gasteiger partial charge in [-0.05, 0) is 44.2 Å². The smallest absolute Gasteiger partial charge is 0.223 e. The summed E-state index contributed by atoms with van der Waals surface area (Å²) in [5.74, 6) is 1.11. The topological polar surface area (TPSA) is 63.7 Å². The number of fused-ring (bicyclic) bond motifs is 1. The van der Waals surface area contributed by atoms with Crippen LogP contribution in [0.25, 0.3) is 0 Å². The van der Waals surface area contributed by atoms with Crippen LogP contribution in [-0.2, 0) is 14.6 Å². The maximum atomic E-state index is 12.7. The van der Waals surface area contributed by atoms with Crippen molar-refractivity contribution in [2.45, 2.75) is 43.8 Å². The Morgan fingerprint density at radius 3 is 2.83 bits per heavy atom. The first-order valence-corrected chi connectivity index (χ1v) is 10.2. The highest BCUT2D eigenvalue weighted by atomic mass is 32.2. The van der Waals surface area contributed by atoms with Crippen LogP contribution >= 0.6 is 0 Å². The van der Waals surface area contributed by atoms with E-state index >= 15 is 0 Å². The minimum absolute atomic E-state index is 0.0459. The van der Waals surface area contributed by atoms with Crippen LogP contribution in [0.2, 0.25) is 0 Å². The summed E-state index contributed by atoms with van der Waals surface area (Å²) in [6, 6.07) is 7.85. The fourth-order valence-electron chi connectivity index (χ4n) is 3.40. The van der Waals surface area contributed by atoms with Crippen molar-refractivity contribution in [2.75, 3.05) is 25.4 Å². The Labute approximate surface area is 143 Å². The van der Waals surface area contributed by atoms with E-state index in [9.17, 15) is 13.2 Å². The molecule has 1 unspecified atom stereocenters. The van der Waals surface area contributed by atoms with Gasteiger partial charge in [0.2, 0.25) is 5.91 Å². The number of hydrogen-bond acceptors (Lipinski definition) is 4. The number of amides is 1. The summed E-state index contributed by atoms with van der Waals surface area (Å²) in [7, 11) is -3.16. The molecule has 2 aliphatic rings. The minimum Gasteiger partial charge on any atom is -0.493 e. The monoisotopic (exact) mass is 351 g/mol.